The Bertz CT molecular complexity index is 21.3. The van der Waals surface area contributed by atoms with E-state index in [2.05, 4.69) is 0 Å². The van der Waals surface area contributed by atoms with E-state index in [0.717, 1.165) is 0 Å². The molecule has 14 heavy (non-hydrogen) atoms. The van der Waals surface area contributed by atoms with Gasteiger partial charge in [-0.3, -0.25) is 0 Å². The summed E-state index contributed by atoms with van der Waals surface area (Å²) in [5, 5.41) is 0. The molecule has 0 saturated carbocycles. The predicted octanol–water partition coefficient (Wildman–Crippen LogP) is -4.02. The Morgan fingerprint density at radius 1 is 0.357 bits per heavy atom. The molecule has 1 radical (unpaired) electrons. The SMILES string of the molecule is O.O.O.O.[Cu+2].[Fe].[Fe].[Fe].[Fe].[OH-].[OH-].[OH-].[OH-].[Zn+2]. The molecule has 0 bridgehead atoms. The van der Waals surface area contributed by atoms with Crippen molar-refractivity contribution in [1.29, 1.82) is 0 Å². The third-order valence-electron chi connectivity index (χ3n) is 0. The Morgan fingerprint density at radius 3 is 0.357 bits per heavy atom. The molecule has 0 aromatic rings. The van der Waals surface area contributed by atoms with Gasteiger partial charge in [0.15, 0.2) is 0 Å². The first-order valence-corrected chi connectivity index (χ1v) is 0. The van der Waals surface area contributed by atoms with E-state index in [-0.39, 0.29) is 149 Å². The molecule has 0 aromatic heterocycles. The van der Waals surface area contributed by atoms with Crippen molar-refractivity contribution in [3.63, 3.8) is 0 Å². The van der Waals surface area contributed by atoms with E-state index in [1.165, 1.54) is 0 Å². The van der Waals surface area contributed by atoms with Crippen LogP contribution in [0.4, 0.5) is 0 Å². The first kappa shape index (κ1) is 508. The minimum Gasteiger partial charge on any atom is -0.870 e. The fraction of sp³-hybridized carbons (Fsp3) is 0. The first-order valence-electron chi connectivity index (χ1n) is 0. The van der Waals surface area contributed by atoms with Gasteiger partial charge < -0.3 is 43.8 Å². The van der Waals surface area contributed by atoms with E-state index in [4.69, 9.17) is 0 Å². The molecule has 0 unspecified atom stereocenters. The molecular formula is H12CuFe4O8Zn. The zero-order chi connectivity index (χ0) is 0. The molecule has 0 spiro atoms. The van der Waals surface area contributed by atoms with Gasteiger partial charge in [0, 0.05) is 68.3 Å². The Morgan fingerprint density at radius 2 is 0.357 bits per heavy atom. The zero-order valence-electron chi connectivity index (χ0n) is 6.21. The molecule has 0 rings (SSSR count). The molecule has 0 atom stereocenters. The fourth-order valence-electron chi connectivity index (χ4n) is 0. The Kier molecular flexibility index (Phi) is 15200. The molecule has 0 aromatic carbocycles. The van der Waals surface area contributed by atoms with Crippen molar-refractivity contribution in [3.05, 3.63) is 0 Å². The average Bonchev–Trinajstić information content (AvgIpc) is 0. The van der Waals surface area contributed by atoms with Gasteiger partial charge >= 0.3 is 36.5 Å². The molecule has 0 aliphatic rings. The Hall–Kier alpha value is 2.90. The molecule has 0 fully saturated rings. The monoisotopic (exact) mass is 491 g/mol. The maximum Gasteiger partial charge on any atom is 2.00 e. The topological polar surface area (TPSA) is 246 Å². The summed E-state index contributed by atoms with van der Waals surface area (Å²) in [5.41, 5.74) is 0. The van der Waals surface area contributed by atoms with Crippen LogP contribution in [0.15, 0.2) is 0 Å². The van der Waals surface area contributed by atoms with E-state index < -0.39 is 0 Å². The third-order valence-corrected chi connectivity index (χ3v) is 0. The predicted molar refractivity (Wildman–Crippen MR) is 22.2 cm³/mol. The van der Waals surface area contributed by atoms with Crippen molar-refractivity contribution >= 4 is 0 Å². The second-order valence-electron chi connectivity index (χ2n) is 0. The van der Waals surface area contributed by atoms with Gasteiger partial charge in [0.1, 0.15) is 0 Å². The van der Waals surface area contributed by atoms with Gasteiger partial charge in [0.2, 0.25) is 0 Å². The van der Waals surface area contributed by atoms with Gasteiger partial charge in [-0.25, -0.2) is 0 Å². The standard InChI is InChI=1S/Cu.4Fe.8H2O.Zn/h;;;;;8*1H2;/q+2;;;;;;;;;;;;;+2/p-4. The van der Waals surface area contributed by atoms with Crippen LogP contribution in [-0.4, -0.2) is 43.8 Å². The molecule has 8 nitrogen and oxygen atoms in total. The van der Waals surface area contributed by atoms with Crippen LogP contribution in [0.1, 0.15) is 0 Å². The van der Waals surface area contributed by atoms with Crippen LogP contribution in [-0.2, 0) is 105 Å². The number of hydrogen-bond donors (Lipinski definition) is 0. The van der Waals surface area contributed by atoms with E-state index >= 15 is 0 Å². The van der Waals surface area contributed by atoms with Gasteiger partial charge in [-0.15, -0.1) is 0 Å². The largest absolute Gasteiger partial charge is 2.00 e. The van der Waals surface area contributed by atoms with Crippen molar-refractivity contribution in [2.75, 3.05) is 0 Å². The molecular weight excluding hydrogens is 480 g/mol. The maximum atomic E-state index is 0. The van der Waals surface area contributed by atoms with Crippen LogP contribution in [0.25, 0.3) is 0 Å². The quantitative estimate of drug-likeness (QED) is 0.306. The summed E-state index contributed by atoms with van der Waals surface area (Å²) < 4.78 is 0. The van der Waals surface area contributed by atoms with Gasteiger partial charge in [0.05, 0.1) is 0 Å². The molecule has 0 heterocycles. The van der Waals surface area contributed by atoms with Crippen LogP contribution < -0.4 is 0 Å². The average molecular weight is 492 g/mol. The van der Waals surface area contributed by atoms with Gasteiger partial charge in [0.25, 0.3) is 0 Å². The van der Waals surface area contributed by atoms with Crippen molar-refractivity contribution < 1.29 is 149 Å². The van der Waals surface area contributed by atoms with Crippen LogP contribution in [0.2, 0.25) is 0 Å². The molecule has 0 saturated heterocycles. The fourth-order valence-corrected chi connectivity index (χ4v) is 0. The van der Waals surface area contributed by atoms with E-state index in [1.54, 1.807) is 0 Å². The number of rotatable bonds is 0. The van der Waals surface area contributed by atoms with Crippen molar-refractivity contribution in [1.82, 2.24) is 0 Å². The Balaban J connectivity index is 0. The van der Waals surface area contributed by atoms with Crippen molar-refractivity contribution in [2.45, 2.75) is 0 Å². The molecule has 0 aliphatic carbocycles. The summed E-state index contributed by atoms with van der Waals surface area (Å²) in [6.07, 6.45) is 0. The Labute approximate surface area is 147 Å². The second kappa shape index (κ2) is 420. The molecule has 0 amide bonds. The molecule has 14 heteroatoms. The summed E-state index contributed by atoms with van der Waals surface area (Å²) in [6.45, 7) is 0. The third kappa shape index (κ3) is 342. The minimum atomic E-state index is 0. The maximum absolute atomic E-state index is 0. The smallest absolute Gasteiger partial charge is 0.870 e. The van der Waals surface area contributed by atoms with Crippen LogP contribution in [0.3, 0.4) is 0 Å². The molecule has 12 N–H and O–H groups in total. The van der Waals surface area contributed by atoms with Gasteiger partial charge in [-0.1, -0.05) is 0 Å². The van der Waals surface area contributed by atoms with E-state index in [1.807, 2.05) is 0 Å². The second-order valence-corrected chi connectivity index (χ2v) is 0. The molecule has 0 aliphatic heterocycles. The van der Waals surface area contributed by atoms with Crippen molar-refractivity contribution in [3.8, 4) is 0 Å². The van der Waals surface area contributed by atoms with Crippen molar-refractivity contribution in [2.24, 2.45) is 0 Å². The zero-order valence-corrected chi connectivity index (χ0v) is 14.5. The summed E-state index contributed by atoms with van der Waals surface area (Å²) >= 11 is 0. The van der Waals surface area contributed by atoms with Gasteiger partial charge in [-0.2, -0.15) is 0 Å². The summed E-state index contributed by atoms with van der Waals surface area (Å²) in [6, 6.07) is 0. The summed E-state index contributed by atoms with van der Waals surface area (Å²) in [7, 11) is 0. The summed E-state index contributed by atoms with van der Waals surface area (Å²) in [5.74, 6) is 0. The number of hydrogen-bond acceptors (Lipinski definition) is 4. The summed E-state index contributed by atoms with van der Waals surface area (Å²) in [4.78, 5) is 0. The van der Waals surface area contributed by atoms with Crippen LogP contribution >= 0.6 is 0 Å². The first-order chi connectivity index (χ1) is 0. The van der Waals surface area contributed by atoms with E-state index in [9.17, 15) is 0 Å². The van der Waals surface area contributed by atoms with Crippen LogP contribution in [0.5, 0.6) is 0 Å². The normalized spacial score (nSPS) is 0. The van der Waals surface area contributed by atoms with E-state index in [0.29, 0.717) is 0 Å². The van der Waals surface area contributed by atoms with Gasteiger partial charge in [-0.05, 0) is 0 Å². The molecule has 105 valence electrons. The van der Waals surface area contributed by atoms with Crippen LogP contribution in [0, 0.1) is 0 Å². The minimum absolute atomic E-state index is 0.